The van der Waals surface area contributed by atoms with Crippen LogP contribution in [0.5, 0.6) is 5.75 Å². The van der Waals surface area contributed by atoms with Crippen LogP contribution in [0.3, 0.4) is 0 Å². The number of pyridine rings is 1. The minimum Gasteiger partial charge on any atom is -0.492 e. The number of fused-ring (bicyclic) bond motifs is 1. The highest BCUT2D eigenvalue weighted by molar-refractivity contribution is 9.10. The number of imidazole rings is 1. The van der Waals surface area contributed by atoms with Gasteiger partial charge in [-0.2, -0.15) is 0 Å². The van der Waals surface area contributed by atoms with Gasteiger partial charge in [-0.05, 0) is 59.1 Å². The topological polar surface area (TPSA) is 74.3 Å². The molecule has 2 N–H and O–H groups in total. The van der Waals surface area contributed by atoms with Gasteiger partial charge in [-0.3, -0.25) is 4.90 Å². The molecule has 136 valence electrons. The maximum atomic E-state index is 9.54. The molecule has 1 fully saturated rings. The summed E-state index contributed by atoms with van der Waals surface area (Å²) in [5.74, 6) is 1.65. The van der Waals surface area contributed by atoms with Gasteiger partial charge in [0.2, 0.25) is 0 Å². The third-order valence-electron chi connectivity index (χ3n) is 4.66. The molecule has 0 aliphatic carbocycles. The van der Waals surface area contributed by atoms with Gasteiger partial charge in [0, 0.05) is 35.9 Å². The first kappa shape index (κ1) is 17.5. The van der Waals surface area contributed by atoms with E-state index in [2.05, 4.69) is 35.8 Å². The molecule has 0 saturated carbocycles. The number of hydrogen-bond donors (Lipinski definition) is 2. The lowest BCUT2D eigenvalue weighted by molar-refractivity contribution is 0.0755. The minimum atomic E-state index is -0.130. The monoisotopic (exact) mass is 416 g/mol. The standard InChI is InChI=1S/C19H21BrN4O2/c20-14-11-17-19(21-12-14)23-18(22-17)13-1-3-16(4-2-13)26-10-9-24-7-5-15(25)6-8-24/h1-4,11-12,15,25H,5-10H2,(H,21,22,23). The highest BCUT2D eigenvalue weighted by atomic mass is 79.9. The molecule has 1 saturated heterocycles. The first-order valence-corrected chi connectivity index (χ1v) is 9.61. The average molecular weight is 417 g/mol. The van der Waals surface area contributed by atoms with E-state index in [-0.39, 0.29) is 6.10 Å². The molecule has 3 heterocycles. The second-order valence-corrected chi connectivity index (χ2v) is 7.47. The van der Waals surface area contributed by atoms with Crippen LogP contribution in [0.1, 0.15) is 12.8 Å². The Hall–Kier alpha value is -1.96. The zero-order chi connectivity index (χ0) is 17.9. The fourth-order valence-electron chi connectivity index (χ4n) is 3.15. The summed E-state index contributed by atoms with van der Waals surface area (Å²) in [5, 5.41) is 9.54. The van der Waals surface area contributed by atoms with Gasteiger partial charge in [0.05, 0.1) is 6.10 Å². The number of aromatic amines is 1. The Bertz CT molecular complexity index is 873. The van der Waals surface area contributed by atoms with Gasteiger partial charge in [0.15, 0.2) is 5.65 Å². The zero-order valence-electron chi connectivity index (χ0n) is 14.4. The highest BCUT2D eigenvalue weighted by Crippen LogP contribution is 2.23. The third kappa shape index (κ3) is 4.06. The van der Waals surface area contributed by atoms with E-state index in [9.17, 15) is 5.11 Å². The lowest BCUT2D eigenvalue weighted by Crippen LogP contribution is -2.38. The van der Waals surface area contributed by atoms with Crippen molar-refractivity contribution in [2.45, 2.75) is 18.9 Å². The largest absolute Gasteiger partial charge is 0.492 e. The fourth-order valence-corrected chi connectivity index (χ4v) is 3.47. The van der Waals surface area contributed by atoms with Crippen molar-refractivity contribution in [3.63, 3.8) is 0 Å². The number of ether oxygens (including phenoxy) is 1. The predicted octanol–water partition coefficient (Wildman–Crippen LogP) is 3.22. The zero-order valence-corrected chi connectivity index (χ0v) is 15.9. The first-order valence-electron chi connectivity index (χ1n) is 8.82. The van der Waals surface area contributed by atoms with E-state index in [4.69, 9.17) is 4.74 Å². The number of nitrogens with one attached hydrogen (secondary N) is 1. The summed E-state index contributed by atoms with van der Waals surface area (Å²) in [5.41, 5.74) is 2.60. The third-order valence-corrected chi connectivity index (χ3v) is 5.10. The van der Waals surface area contributed by atoms with Crippen LogP contribution in [0.25, 0.3) is 22.6 Å². The van der Waals surface area contributed by atoms with Crippen LogP contribution in [-0.4, -0.2) is 57.3 Å². The summed E-state index contributed by atoms with van der Waals surface area (Å²) in [6.45, 7) is 3.43. The van der Waals surface area contributed by atoms with Crippen molar-refractivity contribution in [3.8, 4) is 17.1 Å². The molecule has 0 radical (unpaired) electrons. The number of nitrogens with zero attached hydrogens (tertiary/aromatic N) is 3. The predicted molar refractivity (Wildman–Crippen MR) is 104 cm³/mol. The van der Waals surface area contributed by atoms with Crippen LogP contribution in [-0.2, 0) is 0 Å². The van der Waals surface area contributed by atoms with Crippen LogP contribution >= 0.6 is 15.9 Å². The molecule has 1 aliphatic heterocycles. The Morgan fingerprint density at radius 2 is 2.00 bits per heavy atom. The van der Waals surface area contributed by atoms with Crippen LogP contribution in [0, 0.1) is 0 Å². The molecule has 0 spiro atoms. The van der Waals surface area contributed by atoms with Gasteiger partial charge in [-0.25, -0.2) is 9.97 Å². The second kappa shape index (κ2) is 7.73. The fraction of sp³-hybridized carbons (Fsp3) is 0.368. The van der Waals surface area contributed by atoms with Crippen LogP contribution < -0.4 is 4.74 Å². The molecule has 0 amide bonds. The molecule has 1 aromatic carbocycles. The number of likely N-dealkylation sites (tertiary alicyclic amines) is 1. The number of aliphatic hydroxyl groups excluding tert-OH is 1. The van der Waals surface area contributed by atoms with Gasteiger partial charge in [-0.15, -0.1) is 0 Å². The van der Waals surface area contributed by atoms with Crippen molar-refractivity contribution in [2.75, 3.05) is 26.2 Å². The first-order chi connectivity index (χ1) is 12.7. The number of benzene rings is 1. The number of H-pyrrole nitrogens is 1. The van der Waals surface area contributed by atoms with Crippen molar-refractivity contribution >= 4 is 27.1 Å². The average Bonchev–Trinajstić information content (AvgIpc) is 3.07. The van der Waals surface area contributed by atoms with Crippen LogP contribution in [0.15, 0.2) is 41.0 Å². The molecule has 1 aliphatic rings. The Kier molecular flexibility index (Phi) is 5.19. The minimum absolute atomic E-state index is 0.130. The molecule has 4 rings (SSSR count). The van der Waals surface area contributed by atoms with Crippen molar-refractivity contribution in [1.29, 1.82) is 0 Å². The lowest BCUT2D eigenvalue weighted by Gasteiger charge is -2.29. The Morgan fingerprint density at radius 3 is 2.77 bits per heavy atom. The Morgan fingerprint density at radius 1 is 1.23 bits per heavy atom. The molecule has 26 heavy (non-hydrogen) atoms. The molecular weight excluding hydrogens is 396 g/mol. The molecule has 0 unspecified atom stereocenters. The van der Waals surface area contributed by atoms with Gasteiger partial charge in [0.25, 0.3) is 0 Å². The van der Waals surface area contributed by atoms with E-state index >= 15 is 0 Å². The van der Waals surface area contributed by atoms with Crippen LogP contribution in [0.4, 0.5) is 0 Å². The van der Waals surface area contributed by atoms with Gasteiger partial charge in [0.1, 0.15) is 23.7 Å². The SMILES string of the molecule is OC1CCN(CCOc2ccc(-c3nc4cc(Br)cnc4[nH]3)cc2)CC1. The normalized spacial score (nSPS) is 16.2. The van der Waals surface area contributed by atoms with Gasteiger partial charge < -0.3 is 14.8 Å². The number of hydrogen-bond acceptors (Lipinski definition) is 5. The van der Waals surface area contributed by atoms with Gasteiger partial charge >= 0.3 is 0 Å². The number of aliphatic hydroxyl groups is 1. The van der Waals surface area contributed by atoms with E-state index in [0.717, 1.165) is 65.2 Å². The number of halogens is 1. The quantitative estimate of drug-likeness (QED) is 0.667. The van der Waals surface area contributed by atoms with Crippen molar-refractivity contribution < 1.29 is 9.84 Å². The Labute approximate surface area is 160 Å². The number of aromatic nitrogens is 3. The summed E-state index contributed by atoms with van der Waals surface area (Å²) < 4.78 is 6.76. The summed E-state index contributed by atoms with van der Waals surface area (Å²) >= 11 is 3.41. The molecular formula is C19H21BrN4O2. The van der Waals surface area contributed by atoms with Crippen molar-refractivity contribution in [1.82, 2.24) is 19.9 Å². The molecule has 7 heteroatoms. The van der Waals surface area contributed by atoms with Gasteiger partial charge in [-0.1, -0.05) is 0 Å². The summed E-state index contributed by atoms with van der Waals surface area (Å²) in [7, 11) is 0. The maximum Gasteiger partial charge on any atom is 0.157 e. The van der Waals surface area contributed by atoms with E-state index in [1.165, 1.54) is 0 Å². The highest BCUT2D eigenvalue weighted by Gasteiger charge is 2.16. The van der Waals surface area contributed by atoms with E-state index in [1.807, 2.05) is 30.3 Å². The van der Waals surface area contributed by atoms with E-state index < -0.39 is 0 Å². The smallest absolute Gasteiger partial charge is 0.157 e. The van der Waals surface area contributed by atoms with E-state index in [1.54, 1.807) is 6.20 Å². The maximum absolute atomic E-state index is 9.54. The Balaban J connectivity index is 1.35. The summed E-state index contributed by atoms with van der Waals surface area (Å²) in [6, 6.07) is 9.87. The molecule has 6 nitrogen and oxygen atoms in total. The summed E-state index contributed by atoms with van der Waals surface area (Å²) in [4.78, 5) is 14.5. The number of piperidine rings is 1. The molecule has 0 atom stereocenters. The molecule has 2 aromatic heterocycles. The lowest BCUT2D eigenvalue weighted by atomic mass is 10.1. The molecule has 0 bridgehead atoms. The van der Waals surface area contributed by atoms with Crippen molar-refractivity contribution in [2.24, 2.45) is 0 Å². The van der Waals surface area contributed by atoms with Crippen LogP contribution in [0.2, 0.25) is 0 Å². The summed E-state index contributed by atoms with van der Waals surface area (Å²) in [6.07, 6.45) is 3.34. The molecule has 3 aromatic rings. The van der Waals surface area contributed by atoms with E-state index in [0.29, 0.717) is 6.61 Å². The second-order valence-electron chi connectivity index (χ2n) is 6.55. The van der Waals surface area contributed by atoms with Crippen molar-refractivity contribution in [3.05, 3.63) is 41.0 Å². The number of rotatable bonds is 5.